The van der Waals surface area contributed by atoms with Crippen LogP contribution in [0.15, 0.2) is 54.6 Å². The highest BCUT2D eigenvalue weighted by molar-refractivity contribution is 5.69. The van der Waals surface area contributed by atoms with Crippen LogP contribution < -0.4 is 4.74 Å². The van der Waals surface area contributed by atoms with Crippen LogP contribution in [0.5, 0.6) is 5.75 Å². The monoisotopic (exact) mass is 480 g/mol. The van der Waals surface area contributed by atoms with Crippen LogP contribution in [0, 0.1) is 5.92 Å². The highest BCUT2D eigenvalue weighted by Gasteiger charge is 2.16. The molecule has 0 bridgehead atoms. The van der Waals surface area contributed by atoms with Crippen LogP contribution in [0.3, 0.4) is 0 Å². The van der Waals surface area contributed by atoms with E-state index in [1.165, 1.54) is 76.2 Å². The van der Waals surface area contributed by atoms with E-state index in [4.69, 9.17) is 4.74 Å². The minimum absolute atomic E-state index is 0.239. The Kier molecular flexibility index (Phi) is 15.7. The third-order valence-corrected chi connectivity index (χ3v) is 6.96. The van der Waals surface area contributed by atoms with E-state index >= 15 is 0 Å². The quantitative estimate of drug-likeness (QED) is 0.181. The van der Waals surface area contributed by atoms with Gasteiger partial charge in [0.2, 0.25) is 0 Å². The normalized spacial score (nSPS) is 11.9. The third kappa shape index (κ3) is 14.0. The Balaban J connectivity index is 1.52. The number of aryl methyl sites for hydroxylation is 1. The second-order valence-corrected chi connectivity index (χ2v) is 10.0. The number of hydrogen-bond acceptors (Lipinski definition) is 2. The number of carbonyl (C=O) groups is 1. The Morgan fingerprint density at radius 2 is 1.23 bits per heavy atom. The molecule has 1 atom stereocenters. The first-order chi connectivity index (χ1) is 17.2. The van der Waals surface area contributed by atoms with Gasteiger partial charge in [0.1, 0.15) is 12.4 Å². The van der Waals surface area contributed by atoms with Crippen molar-refractivity contribution in [3.05, 3.63) is 65.7 Å². The zero-order valence-corrected chi connectivity index (χ0v) is 22.1. The molecule has 0 saturated heterocycles. The maximum Gasteiger partial charge on any atom is 0.306 e. The summed E-state index contributed by atoms with van der Waals surface area (Å²) in [6, 6.07) is 18.2. The Hall–Kier alpha value is -2.29. The fourth-order valence-corrected chi connectivity index (χ4v) is 4.63. The molecule has 0 aliphatic rings. The third-order valence-electron chi connectivity index (χ3n) is 6.96. The summed E-state index contributed by atoms with van der Waals surface area (Å²) in [5, 5.41) is 9.64. The van der Waals surface area contributed by atoms with Crippen molar-refractivity contribution in [2.45, 2.75) is 116 Å². The van der Waals surface area contributed by atoms with Crippen molar-refractivity contribution in [2.24, 2.45) is 5.92 Å². The van der Waals surface area contributed by atoms with Crippen LogP contribution in [-0.2, 0) is 17.8 Å². The minimum atomic E-state index is -0.647. The summed E-state index contributed by atoms with van der Waals surface area (Å²) in [4.78, 5) is 11.7. The number of ether oxygens (including phenoxy) is 1. The SMILES string of the molecule is CCCCCCCCCCCCCCCC(CCc1ccc(OCc2ccccc2)cc1)C(=O)O. The van der Waals surface area contributed by atoms with Gasteiger partial charge in [-0.3, -0.25) is 4.79 Å². The number of carboxylic acids is 1. The van der Waals surface area contributed by atoms with Gasteiger partial charge in [-0.2, -0.15) is 0 Å². The van der Waals surface area contributed by atoms with Gasteiger partial charge in [0.25, 0.3) is 0 Å². The number of unbranched alkanes of at least 4 members (excludes halogenated alkanes) is 12. The Morgan fingerprint density at radius 3 is 1.77 bits per heavy atom. The highest BCUT2D eigenvalue weighted by Crippen LogP contribution is 2.21. The molecular formula is C32H48O3. The first-order valence-electron chi connectivity index (χ1n) is 14.2. The van der Waals surface area contributed by atoms with Crippen LogP contribution in [-0.4, -0.2) is 11.1 Å². The second kappa shape index (κ2) is 19.0. The Labute approximate surface area is 214 Å². The summed E-state index contributed by atoms with van der Waals surface area (Å²) < 4.78 is 5.85. The van der Waals surface area contributed by atoms with Crippen molar-refractivity contribution in [3.8, 4) is 5.75 Å². The molecule has 0 spiro atoms. The molecule has 2 aromatic carbocycles. The predicted molar refractivity (Wildman–Crippen MR) is 147 cm³/mol. The molecule has 3 heteroatoms. The zero-order valence-electron chi connectivity index (χ0n) is 22.1. The number of benzene rings is 2. The second-order valence-electron chi connectivity index (χ2n) is 10.0. The highest BCUT2D eigenvalue weighted by atomic mass is 16.5. The molecule has 0 radical (unpaired) electrons. The molecule has 1 N–H and O–H groups in total. The van der Waals surface area contributed by atoms with Crippen molar-refractivity contribution in [1.29, 1.82) is 0 Å². The maximum atomic E-state index is 11.7. The van der Waals surface area contributed by atoms with E-state index in [9.17, 15) is 9.90 Å². The average Bonchev–Trinajstić information content (AvgIpc) is 2.88. The molecule has 1 unspecified atom stereocenters. The van der Waals surface area contributed by atoms with Crippen molar-refractivity contribution in [2.75, 3.05) is 0 Å². The fourth-order valence-electron chi connectivity index (χ4n) is 4.63. The maximum absolute atomic E-state index is 11.7. The lowest BCUT2D eigenvalue weighted by atomic mass is 9.93. The van der Waals surface area contributed by atoms with Gasteiger partial charge in [0, 0.05) is 0 Å². The van der Waals surface area contributed by atoms with E-state index in [1.54, 1.807) is 0 Å². The van der Waals surface area contributed by atoms with E-state index < -0.39 is 5.97 Å². The Morgan fingerprint density at radius 1 is 0.686 bits per heavy atom. The standard InChI is InChI=1S/C32H48O3/c1-2-3-4-5-6-7-8-9-10-11-12-13-17-20-30(32(33)34)24-21-28-22-25-31(26-23-28)35-27-29-18-15-14-16-19-29/h14-16,18-19,22-23,25-26,30H,2-13,17,20-21,24,27H2,1H3,(H,33,34). The van der Waals surface area contributed by atoms with E-state index in [1.807, 2.05) is 30.3 Å². The van der Waals surface area contributed by atoms with Gasteiger partial charge >= 0.3 is 5.97 Å². The minimum Gasteiger partial charge on any atom is -0.489 e. The van der Waals surface area contributed by atoms with Crippen LogP contribution in [0.2, 0.25) is 0 Å². The lowest BCUT2D eigenvalue weighted by Gasteiger charge is -2.13. The number of hydrogen-bond donors (Lipinski definition) is 1. The lowest BCUT2D eigenvalue weighted by molar-refractivity contribution is -0.142. The molecule has 194 valence electrons. The summed E-state index contributed by atoms with van der Waals surface area (Å²) >= 11 is 0. The van der Waals surface area contributed by atoms with E-state index in [0.29, 0.717) is 13.0 Å². The van der Waals surface area contributed by atoms with Gasteiger partial charge in [0.05, 0.1) is 5.92 Å². The molecule has 0 amide bonds. The van der Waals surface area contributed by atoms with Gasteiger partial charge in [-0.05, 0) is 42.5 Å². The summed E-state index contributed by atoms with van der Waals surface area (Å²) in [6.45, 7) is 2.83. The number of aliphatic carboxylic acids is 1. The summed E-state index contributed by atoms with van der Waals surface area (Å²) in [5.74, 6) is -0.0390. The topological polar surface area (TPSA) is 46.5 Å². The fraction of sp³-hybridized carbons (Fsp3) is 0.594. The summed E-state index contributed by atoms with van der Waals surface area (Å²) in [5.41, 5.74) is 2.32. The van der Waals surface area contributed by atoms with Gasteiger partial charge < -0.3 is 9.84 Å². The van der Waals surface area contributed by atoms with Gasteiger partial charge in [-0.15, -0.1) is 0 Å². The van der Waals surface area contributed by atoms with Crippen molar-refractivity contribution in [1.82, 2.24) is 0 Å². The van der Waals surface area contributed by atoms with E-state index in [0.717, 1.165) is 37.0 Å². The number of carboxylic acid groups (broad SMARTS) is 1. The molecule has 0 aromatic heterocycles. The molecule has 0 fully saturated rings. The Bertz CT molecular complexity index is 769. The molecular weight excluding hydrogens is 432 g/mol. The molecule has 3 nitrogen and oxygen atoms in total. The van der Waals surface area contributed by atoms with E-state index in [2.05, 4.69) is 31.2 Å². The predicted octanol–water partition coefficient (Wildman–Crippen LogP) is 9.38. The molecule has 2 aromatic rings. The molecule has 2 rings (SSSR count). The molecule has 35 heavy (non-hydrogen) atoms. The van der Waals surface area contributed by atoms with Crippen LogP contribution in [0.1, 0.15) is 114 Å². The molecule has 0 aliphatic heterocycles. The van der Waals surface area contributed by atoms with Crippen molar-refractivity contribution < 1.29 is 14.6 Å². The molecule has 0 saturated carbocycles. The average molecular weight is 481 g/mol. The summed E-state index contributed by atoms with van der Waals surface area (Å²) in [7, 11) is 0. The summed E-state index contributed by atoms with van der Waals surface area (Å²) in [6.07, 6.45) is 19.4. The molecule has 0 heterocycles. The first kappa shape index (κ1) is 28.9. The van der Waals surface area contributed by atoms with E-state index in [-0.39, 0.29) is 5.92 Å². The van der Waals surface area contributed by atoms with Gasteiger partial charge in [0.15, 0.2) is 0 Å². The zero-order chi connectivity index (χ0) is 25.0. The van der Waals surface area contributed by atoms with Crippen LogP contribution in [0.4, 0.5) is 0 Å². The smallest absolute Gasteiger partial charge is 0.306 e. The first-order valence-corrected chi connectivity index (χ1v) is 14.2. The van der Waals surface area contributed by atoms with Crippen molar-refractivity contribution >= 4 is 5.97 Å². The van der Waals surface area contributed by atoms with Crippen LogP contribution >= 0.6 is 0 Å². The van der Waals surface area contributed by atoms with Gasteiger partial charge in [-0.25, -0.2) is 0 Å². The number of rotatable bonds is 21. The van der Waals surface area contributed by atoms with Gasteiger partial charge in [-0.1, -0.05) is 133 Å². The molecule has 0 aliphatic carbocycles. The lowest BCUT2D eigenvalue weighted by Crippen LogP contribution is -2.14. The van der Waals surface area contributed by atoms with Crippen LogP contribution in [0.25, 0.3) is 0 Å². The largest absolute Gasteiger partial charge is 0.489 e. The van der Waals surface area contributed by atoms with Crippen molar-refractivity contribution in [3.63, 3.8) is 0 Å².